The molecule has 0 aromatic heterocycles. The predicted octanol–water partition coefficient (Wildman–Crippen LogP) is 2.17. The van der Waals surface area contributed by atoms with E-state index in [1.54, 1.807) is 6.92 Å². The van der Waals surface area contributed by atoms with Crippen molar-refractivity contribution >= 4 is 0 Å². The Morgan fingerprint density at radius 2 is 2.06 bits per heavy atom. The van der Waals surface area contributed by atoms with Crippen LogP contribution in [0.1, 0.15) is 18.9 Å². The monoisotopic (exact) mass is 241 g/mol. The molecular weight excluding hydrogens is 224 g/mol. The van der Waals surface area contributed by atoms with Crippen molar-refractivity contribution in [2.24, 2.45) is 5.92 Å². The number of hydrogen-bond acceptors (Lipinski definition) is 2. The number of aliphatic hydroxyl groups is 1. The molecule has 4 heteroatoms. The summed E-state index contributed by atoms with van der Waals surface area (Å²) in [6.07, 6.45) is 0.527. The van der Waals surface area contributed by atoms with Gasteiger partial charge >= 0.3 is 0 Å². The molecule has 1 fully saturated rings. The van der Waals surface area contributed by atoms with Gasteiger partial charge in [0.05, 0.1) is 6.10 Å². The molecule has 1 aromatic carbocycles. The van der Waals surface area contributed by atoms with Gasteiger partial charge in [-0.25, -0.2) is 8.78 Å². The Kier molecular flexibility index (Phi) is 3.74. The maximum absolute atomic E-state index is 13.4. The summed E-state index contributed by atoms with van der Waals surface area (Å²) in [6.45, 7) is 3.52. The lowest BCUT2D eigenvalue weighted by molar-refractivity contribution is 0.127. The lowest BCUT2D eigenvalue weighted by atomic mass is 10.0. The smallest absolute Gasteiger partial charge is 0.130 e. The Hall–Kier alpha value is -1.00. The van der Waals surface area contributed by atoms with Crippen molar-refractivity contribution in [2.75, 3.05) is 13.1 Å². The Morgan fingerprint density at radius 3 is 2.59 bits per heavy atom. The molecule has 0 aliphatic carbocycles. The first kappa shape index (κ1) is 12.5. The van der Waals surface area contributed by atoms with E-state index in [0.717, 1.165) is 13.0 Å². The van der Waals surface area contributed by atoms with Crippen molar-refractivity contribution in [1.82, 2.24) is 4.90 Å². The molecule has 1 N–H and O–H groups in total. The van der Waals surface area contributed by atoms with E-state index in [0.29, 0.717) is 6.54 Å². The van der Waals surface area contributed by atoms with Crippen molar-refractivity contribution in [1.29, 1.82) is 0 Å². The fourth-order valence-electron chi connectivity index (χ4n) is 2.31. The molecule has 17 heavy (non-hydrogen) atoms. The van der Waals surface area contributed by atoms with E-state index in [9.17, 15) is 13.9 Å². The maximum Gasteiger partial charge on any atom is 0.130 e. The highest BCUT2D eigenvalue weighted by Crippen LogP contribution is 2.23. The van der Waals surface area contributed by atoms with Crippen LogP contribution in [0.2, 0.25) is 0 Å². The summed E-state index contributed by atoms with van der Waals surface area (Å²) in [5, 5.41) is 9.47. The number of benzene rings is 1. The number of nitrogens with zero attached hydrogens (tertiary/aromatic N) is 1. The summed E-state index contributed by atoms with van der Waals surface area (Å²) in [5.41, 5.74) is 0.124. The highest BCUT2D eigenvalue weighted by Gasteiger charge is 2.26. The quantitative estimate of drug-likeness (QED) is 0.876. The first-order valence-corrected chi connectivity index (χ1v) is 5.91. The summed E-state index contributed by atoms with van der Waals surface area (Å²) < 4.78 is 26.9. The van der Waals surface area contributed by atoms with Gasteiger partial charge in [-0.05, 0) is 37.9 Å². The number of likely N-dealkylation sites (tertiary alicyclic amines) is 1. The molecule has 0 amide bonds. The van der Waals surface area contributed by atoms with Crippen molar-refractivity contribution in [3.05, 3.63) is 35.4 Å². The second-order valence-corrected chi connectivity index (χ2v) is 4.72. The summed E-state index contributed by atoms with van der Waals surface area (Å²) in [5.74, 6) is -0.777. The molecule has 1 aliphatic heterocycles. The highest BCUT2D eigenvalue weighted by atomic mass is 19.1. The van der Waals surface area contributed by atoms with Gasteiger partial charge in [-0.3, -0.25) is 4.90 Å². The summed E-state index contributed by atoms with van der Waals surface area (Å²) in [4.78, 5) is 1.98. The summed E-state index contributed by atoms with van der Waals surface area (Å²) >= 11 is 0. The predicted molar refractivity (Wildman–Crippen MR) is 61.4 cm³/mol. The van der Waals surface area contributed by atoms with E-state index in [1.807, 2.05) is 4.90 Å². The number of hydrogen-bond donors (Lipinski definition) is 1. The zero-order valence-corrected chi connectivity index (χ0v) is 9.87. The van der Waals surface area contributed by atoms with Crippen molar-refractivity contribution in [3.8, 4) is 0 Å². The zero-order valence-electron chi connectivity index (χ0n) is 9.87. The van der Waals surface area contributed by atoms with Crippen LogP contribution in [0.4, 0.5) is 8.78 Å². The molecule has 94 valence electrons. The third-order valence-electron chi connectivity index (χ3n) is 3.43. The molecule has 2 rings (SSSR count). The molecule has 1 aromatic rings. The van der Waals surface area contributed by atoms with Gasteiger partial charge in [0.1, 0.15) is 11.6 Å². The van der Waals surface area contributed by atoms with Crippen LogP contribution in [0.25, 0.3) is 0 Å². The number of rotatable bonds is 3. The van der Waals surface area contributed by atoms with Gasteiger partial charge in [0.2, 0.25) is 0 Å². The molecule has 1 aliphatic rings. The summed E-state index contributed by atoms with van der Waals surface area (Å²) in [7, 11) is 0. The molecule has 0 radical (unpaired) electrons. The Labute approximate surface area is 99.9 Å². The fraction of sp³-hybridized carbons (Fsp3) is 0.538. The molecule has 0 bridgehead atoms. The molecule has 2 unspecified atom stereocenters. The average Bonchev–Trinajstić information content (AvgIpc) is 2.72. The van der Waals surface area contributed by atoms with Crippen LogP contribution in [0.5, 0.6) is 0 Å². The van der Waals surface area contributed by atoms with Crippen LogP contribution in [0.15, 0.2) is 18.2 Å². The Balaban J connectivity index is 2.03. The van der Waals surface area contributed by atoms with Crippen molar-refractivity contribution in [3.63, 3.8) is 0 Å². The SMILES string of the molecule is CC(O)C1CCN(Cc2c(F)cccc2F)C1. The minimum atomic E-state index is -0.495. The minimum Gasteiger partial charge on any atom is -0.393 e. The molecule has 2 atom stereocenters. The second kappa shape index (κ2) is 5.10. The van der Waals surface area contributed by atoms with Crippen LogP contribution >= 0.6 is 0 Å². The van der Waals surface area contributed by atoms with Crippen LogP contribution < -0.4 is 0 Å². The first-order chi connectivity index (χ1) is 8.08. The van der Waals surface area contributed by atoms with E-state index in [2.05, 4.69) is 0 Å². The largest absolute Gasteiger partial charge is 0.393 e. The molecular formula is C13H17F2NO. The van der Waals surface area contributed by atoms with Crippen molar-refractivity contribution in [2.45, 2.75) is 26.0 Å². The van der Waals surface area contributed by atoms with Gasteiger partial charge in [0, 0.05) is 18.7 Å². The van der Waals surface area contributed by atoms with Gasteiger partial charge in [-0.1, -0.05) is 6.07 Å². The van der Waals surface area contributed by atoms with E-state index in [1.165, 1.54) is 18.2 Å². The number of halogens is 2. The highest BCUT2D eigenvalue weighted by molar-refractivity contribution is 5.19. The average molecular weight is 241 g/mol. The Morgan fingerprint density at radius 1 is 1.41 bits per heavy atom. The van der Waals surface area contributed by atoms with E-state index >= 15 is 0 Å². The van der Waals surface area contributed by atoms with Crippen LogP contribution in [-0.4, -0.2) is 29.2 Å². The lowest BCUT2D eigenvalue weighted by Crippen LogP contribution is -2.24. The van der Waals surface area contributed by atoms with Crippen molar-refractivity contribution < 1.29 is 13.9 Å². The summed E-state index contributed by atoms with van der Waals surface area (Å²) in [6, 6.07) is 3.93. The van der Waals surface area contributed by atoms with Crippen LogP contribution in [-0.2, 0) is 6.54 Å². The maximum atomic E-state index is 13.4. The third-order valence-corrected chi connectivity index (χ3v) is 3.43. The molecule has 1 heterocycles. The molecule has 2 nitrogen and oxygen atoms in total. The standard InChI is InChI=1S/C13H17F2NO/c1-9(17)10-5-6-16(7-10)8-11-12(14)3-2-4-13(11)15/h2-4,9-10,17H,5-8H2,1H3. The second-order valence-electron chi connectivity index (χ2n) is 4.72. The van der Waals surface area contributed by atoms with Crippen LogP contribution in [0, 0.1) is 17.6 Å². The van der Waals surface area contributed by atoms with Gasteiger partial charge in [-0.2, -0.15) is 0 Å². The van der Waals surface area contributed by atoms with E-state index in [-0.39, 0.29) is 24.1 Å². The van der Waals surface area contributed by atoms with Gasteiger partial charge in [-0.15, -0.1) is 0 Å². The van der Waals surface area contributed by atoms with E-state index < -0.39 is 11.6 Å². The fourth-order valence-corrected chi connectivity index (χ4v) is 2.31. The van der Waals surface area contributed by atoms with Gasteiger partial charge < -0.3 is 5.11 Å². The molecule has 0 saturated carbocycles. The topological polar surface area (TPSA) is 23.5 Å². The minimum absolute atomic E-state index is 0.124. The Bertz CT molecular complexity index is 375. The molecule has 1 saturated heterocycles. The van der Waals surface area contributed by atoms with Crippen LogP contribution in [0.3, 0.4) is 0 Å². The lowest BCUT2D eigenvalue weighted by Gasteiger charge is -2.18. The number of aliphatic hydroxyl groups excluding tert-OH is 1. The first-order valence-electron chi connectivity index (χ1n) is 5.91. The molecule has 0 spiro atoms. The van der Waals surface area contributed by atoms with E-state index in [4.69, 9.17) is 0 Å². The zero-order chi connectivity index (χ0) is 12.4. The van der Waals surface area contributed by atoms with Gasteiger partial charge in [0.25, 0.3) is 0 Å². The normalized spacial score (nSPS) is 22.9. The van der Waals surface area contributed by atoms with Gasteiger partial charge in [0.15, 0.2) is 0 Å². The third kappa shape index (κ3) is 2.82.